The van der Waals surface area contributed by atoms with Crippen LogP contribution < -0.4 is 10.6 Å². The van der Waals surface area contributed by atoms with Gasteiger partial charge in [0.25, 0.3) is 0 Å². The van der Waals surface area contributed by atoms with Gasteiger partial charge in [-0.25, -0.2) is 4.79 Å². The molecule has 1 aromatic rings. The molecule has 1 fully saturated rings. The van der Waals surface area contributed by atoms with Crippen molar-refractivity contribution in [3.05, 3.63) is 23.8 Å². The summed E-state index contributed by atoms with van der Waals surface area (Å²) in [7, 11) is 2.11. The molecule has 1 saturated heterocycles. The van der Waals surface area contributed by atoms with Gasteiger partial charge in [0.15, 0.2) is 0 Å². The van der Waals surface area contributed by atoms with Crippen molar-refractivity contribution >= 4 is 17.3 Å². The number of ether oxygens (including phenoxy) is 1. The highest BCUT2D eigenvalue weighted by molar-refractivity contribution is 5.97. The molecule has 1 aliphatic heterocycles. The average molecular weight is 277 g/mol. The highest BCUT2D eigenvalue weighted by Crippen LogP contribution is 2.25. The fourth-order valence-electron chi connectivity index (χ4n) is 2.32. The maximum absolute atomic E-state index is 12.2. The van der Waals surface area contributed by atoms with Crippen LogP contribution >= 0.6 is 0 Å². The minimum atomic E-state index is -0.304. The molecule has 0 bridgehead atoms. The monoisotopic (exact) mass is 277 g/mol. The average Bonchev–Trinajstić information content (AvgIpc) is 2.39. The normalized spacial score (nSPS) is 16.5. The van der Waals surface area contributed by atoms with Crippen LogP contribution in [-0.4, -0.2) is 50.2 Å². The molecule has 0 aliphatic carbocycles. The van der Waals surface area contributed by atoms with Gasteiger partial charge in [-0.1, -0.05) is 0 Å². The first kappa shape index (κ1) is 14.7. The molecule has 0 radical (unpaired) electrons. The van der Waals surface area contributed by atoms with Crippen LogP contribution in [0.25, 0.3) is 0 Å². The molecule has 1 aliphatic rings. The first-order valence-corrected chi connectivity index (χ1v) is 7.01. The number of likely N-dealkylation sites (N-methyl/N-ethyl adjacent to an activating group) is 1. The molecule has 0 spiro atoms. The number of nitrogens with two attached hydrogens (primary N) is 1. The minimum absolute atomic E-state index is 0.135. The lowest BCUT2D eigenvalue weighted by Crippen LogP contribution is -2.45. The maximum Gasteiger partial charge on any atom is 0.340 e. The highest BCUT2D eigenvalue weighted by Gasteiger charge is 2.21. The number of nitrogen functional groups attached to an aromatic ring is 1. The second kappa shape index (κ2) is 6.13. The first-order chi connectivity index (χ1) is 9.47. The summed E-state index contributed by atoms with van der Waals surface area (Å²) in [4.78, 5) is 16.7. The molecule has 20 heavy (non-hydrogen) atoms. The van der Waals surface area contributed by atoms with Crippen molar-refractivity contribution in [2.75, 3.05) is 43.9 Å². The molecular formula is C15H23N3O2. The topological polar surface area (TPSA) is 58.8 Å². The van der Waals surface area contributed by atoms with Gasteiger partial charge in [0.05, 0.1) is 17.4 Å². The number of carbonyl (C=O) groups is 1. The van der Waals surface area contributed by atoms with E-state index in [2.05, 4.69) is 16.8 Å². The summed E-state index contributed by atoms with van der Waals surface area (Å²) in [5.74, 6) is -0.304. The van der Waals surface area contributed by atoms with Gasteiger partial charge < -0.3 is 20.3 Å². The number of nitrogens with zero attached hydrogens (tertiary/aromatic N) is 2. The number of benzene rings is 1. The van der Waals surface area contributed by atoms with Gasteiger partial charge in [-0.05, 0) is 39.1 Å². The third kappa shape index (κ3) is 3.42. The van der Waals surface area contributed by atoms with Crippen LogP contribution in [0.4, 0.5) is 11.4 Å². The molecular weight excluding hydrogens is 254 g/mol. The summed E-state index contributed by atoms with van der Waals surface area (Å²) in [6.07, 6.45) is -0.135. The third-order valence-electron chi connectivity index (χ3n) is 3.43. The number of anilines is 2. The van der Waals surface area contributed by atoms with Crippen LogP contribution in [0.5, 0.6) is 0 Å². The van der Waals surface area contributed by atoms with Gasteiger partial charge in [0, 0.05) is 31.9 Å². The molecule has 0 unspecified atom stereocenters. The molecule has 1 aromatic carbocycles. The van der Waals surface area contributed by atoms with Gasteiger partial charge in [-0.2, -0.15) is 0 Å². The Labute approximate surface area is 120 Å². The van der Waals surface area contributed by atoms with Crippen LogP contribution in [-0.2, 0) is 4.74 Å². The molecule has 0 aromatic heterocycles. The molecule has 5 heteroatoms. The quantitative estimate of drug-likeness (QED) is 0.671. The van der Waals surface area contributed by atoms with E-state index in [9.17, 15) is 4.79 Å². The lowest BCUT2D eigenvalue weighted by molar-refractivity contribution is 0.0378. The summed E-state index contributed by atoms with van der Waals surface area (Å²) in [6, 6.07) is 5.45. The van der Waals surface area contributed by atoms with Gasteiger partial charge in [-0.3, -0.25) is 0 Å². The van der Waals surface area contributed by atoms with Gasteiger partial charge in [-0.15, -0.1) is 0 Å². The number of hydrogen-bond acceptors (Lipinski definition) is 5. The van der Waals surface area contributed by atoms with Crippen molar-refractivity contribution in [2.45, 2.75) is 20.0 Å². The summed E-state index contributed by atoms with van der Waals surface area (Å²) >= 11 is 0. The molecule has 2 N–H and O–H groups in total. The molecule has 2 rings (SSSR count). The number of esters is 1. The first-order valence-electron chi connectivity index (χ1n) is 7.01. The van der Waals surface area contributed by atoms with E-state index in [0.29, 0.717) is 11.3 Å². The van der Waals surface area contributed by atoms with Crippen molar-refractivity contribution in [1.82, 2.24) is 4.90 Å². The van der Waals surface area contributed by atoms with Crippen LogP contribution in [0.1, 0.15) is 24.2 Å². The summed E-state index contributed by atoms with van der Waals surface area (Å²) in [5.41, 5.74) is 7.87. The van der Waals surface area contributed by atoms with Gasteiger partial charge in [0.2, 0.25) is 0 Å². The van der Waals surface area contributed by atoms with E-state index < -0.39 is 0 Å². The van der Waals surface area contributed by atoms with Crippen LogP contribution in [0.3, 0.4) is 0 Å². The number of piperazine rings is 1. The molecule has 0 atom stereocenters. The van der Waals surface area contributed by atoms with E-state index in [1.54, 1.807) is 6.07 Å². The largest absolute Gasteiger partial charge is 0.459 e. The molecule has 0 saturated carbocycles. The van der Waals surface area contributed by atoms with E-state index in [0.717, 1.165) is 31.9 Å². The predicted molar refractivity (Wildman–Crippen MR) is 81.1 cm³/mol. The minimum Gasteiger partial charge on any atom is -0.459 e. The Morgan fingerprint density at radius 2 is 1.90 bits per heavy atom. The van der Waals surface area contributed by atoms with E-state index in [1.165, 1.54) is 0 Å². The molecule has 0 amide bonds. The number of hydrogen-bond donors (Lipinski definition) is 1. The summed E-state index contributed by atoms with van der Waals surface area (Å²) in [6.45, 7) is 7.48. The standard InChI is InChI=1S/C15H23N3O2/c1-11(2)20-15(19)13-10-12(16)4-5-14(13)18-8-6-17(3)7-9-18/h4-5,10-11H,6-9,16H2,1-3H3. The fourth-order valence-corrected chi connectivity index (χ4v) is 2.32. The van der Waals surface area contributed by atoms with Crippen LogP contribution in [0, 0.1) is 0 Å². The van der Waals surface area contributed by atoms with Gasteiger partial charge >= 0.3 is 5.97 Å². The van der Waals surface area contributed by atoms with Crippen LogP contribution in [0.2, 0.25) is 0 Å². The molecule has 110 valence electrons. The maximum atomic E-state index is 12.2. The Hall–Kier alpha value is -1.75. The Kier molecular flexibility index (Phi) is 4.49. The smallest absolute Gasteiger partial charge is 0.340 e. The Morgan fingerprint density at radius 1 is 1.25 bits per heavy atom. The fraction of sp³-hybridized carbons (Fsp3) is 0.533. The zero-order valence-corrected chi connectivity index (χ0v) is 12.4. The van der Waals surface area contributed by atoms with Gasteiger partial charge in [0.1, 0.15) is 0 Å². The molecule has 5 nitrogen and oxygen atoms in total. The second-order valence-electron chi connectivity index (χ2n) is 5.52. The van der Waals surface area contributed by atoms with Crippen molar-refractivity contribution in [2.24, 2.45) is 0 Å². The lowest BCUT2D eigenvalue weighted by atomic mass is 10.1. The van der Waals surface area contributed by atoms with E-state index in [4.69, 9.17) is 10.5 Å². The molecule has 1 heterocycles. The lowest BCUT2D eigenvalue weighted by Gasteiger charge is -2.35. The number of carbonyl (C=O) groups excluding carboxylic acids is 1. The van der Waals surface area contributed by atoms with E-state index >= 15 is 0 Å². The summed E-state index contributed by atoms with van der Waals surface area (Å²) in [5, 5.41) is 0. The third-order valence-corrected chi connectivity index (χ3v) is 3.43. The summed E-state index contributed by atoms with van der Waals surface area (Å²) < 4.78 is 5.31. The van der Waals surface area contributed by atoms with Crippen molar-refractivity contribution in [3.63, 3.8) is 0 Å². The zero-order chi connectivity index (χ0) is 14.7. The Morgan fingerprint density at radius 3 is 2.50 bits per heavy atom. The second-order valence-corrected chi connectivity index (χ2v) is 5.52. The highest BCUT2D eigenvalue weighted by atomic mass is 16.5. The Bertz CT molecular complexity index is 480. The van der Waals surface area contributed by atoms with E-state index in [1.807, 2.05) is 26.0 Å². The Balaban J connectivity index is 2.26. The predicted octanol–water partition coefficient (Wildman–Crippen LogP) is 1.59. The SMILES string of the molecule is CC(C)OC(=O)c1cc(N)ccc1N1CCN(C)CC1. The van der Waals surface area contributed by atoms with Crippen molar-refractivity contribution in [1.29, 1.82) is 0 Å². The number of rotatable bonds is 3. The van der Waals surface area contributed by atoms with E-state index in [-0.39, 0.29) is 12.1 Å². The zero-order valence-electron chi connectivity index (χ0n) is 12.4. The van der Waals surface area contributed by atoms with Crippen molar-refractivity contribution in [3.8, 4) is 0 Å². The van der Waals surface area contributed by atoms with Crippen LogP contribution in [0.15, 0.2) is 18.2 Å². The van der Waals surface area contributed by atoms with Crippen molar-refractivity contribution < 1.29 is 9.53 Å².